The van der Waals surface area contributed by atoms with Crippen molar-refractivity contribution in [3.8, 4) is 0 Å². The molecule has 2 aliphatic rings. The molecule has 1 N–H and O–H groups in total. The third-order valence-electron chi connectivity index (χ3n) is 6.59. The monoisotopic (exact) mass is 373 g/mol. The summed E-state index contributed by atoms with van der Waals surface area (Å²) in [4.78, 5) is 13.1. The first-order valence-electron chi connectivity index (χ1n) is 9.97. The van der Waals surface area contributed by atoms with E-state index in [1.807, 2.05) is 0 Å². The van der Waals surface area contributed by atoms with Crippen molar-refractivity contribution < 1.29 is 19.2 Å². The average Bonchev–Trinajstić information content (AvgIpc) is 2.82. The highest BCUT2D eigenvalue weighted by Gasteiger charge is 2.51. The summed E-state index contributed by atoms with van der Waals surface area (Å²) in [6.07, 6.45) is 0.939. The molecule has 5 nitrogen and oxygen atoms in total. The lowest BCUT2D eigenvalue weighted by molar-refractivity contribution is 0.00578. The highest BCUT2D eigenvalue weighted by molar-refractivity contribution is 6.62. The molecule has 2 atom stereocenters. The Bertz CT molecular complexity index is 670. The van der Waals surface area contributed by atoms with Crippen molar-refractivity contribution in [3.63, 3.8) is 0 Å². The summed E-state index contributed by atoms with van der Waals surface area (Å²) in [6, 6.07) is 8.55. The Hall–Kier alpha value is -1.53. The van der Waals surface area contributed by atoms with E-state index in [9.17, 15) is 9.90 Å². The number of benzene rings is 1. The number of hydrogen-bond acceptors (Lipinski definition) is 3. The molecule has 2 saturated heterocycles. The highest BCUT2D eigenvalue weighted by Crippen LogP contribution is 2.37. The molecule has 1 aromatic rings. The maximum absolute atomic E-state index is 11.5. The van der Waals surface area contributed by atoms with Crippen LogP contribution in [-0.4, -0.2) is 47.0 Å². The quantitative estimate of drug-likeness (QED) is 0.818. The first kappa shape index (κ1) is 20.2. The molecule has 0 aliphatic carbocycles. The van der Waals surface area contributed by atoms with Crippen molar-refractivity contribution in [2.75, 3.05) is 6.54 Å². The fourth-order valence-electron chi connectivity index (χ4n) is 4.07. The molecular weight excluding hydrogens is 341 g/mol. The molecule has 2 unspecified atom stereocenters. The number of nitrogens with zero attached hydrogens (tertiary/aromatic N) is 1. The standard InChI is InChI=1S/C21H32BNO4/c1-14(2)18-13-16(11-12-23(18)19(24)25)15-7-9-17(10-8-15)22-26-20(3,4)21(5,6)27-22/h7-10,14,16,18H,11-13H2,1-6H3,(H,24,25). The molecule has 1 amide bonds. The van der Waals surface area contributed by atoms with Crippen LogP contribution in [0.2, 0.25) is 0 Å². The molecule has 1 aromatic carbocycles. The highest BCUT2D eigenvalue weighted by atomic mass is 16.7. The average molecular weight is 373 g/mol. The Kier molecular flexibility index (Phi) is 5.34. The van der Waals surface area contributed by atoms with E-state index < -0.39 is 6.09 Å². The Morgan fingerprint density at radius 3 is 2.19 bits per heavy atom. The largest absolute Gasteiger partial charge is 0.494 e. The molecule has 0 bridgehead atoms. The van der Waals surface area contributed by atoms with Crippen molar-refractivity contribution in [3.05, 3.63) is 29.8 Å². The van der Waals surface area contributed by atoms with Gasteiger partial charge in [-0.3, -0.25) is 0 Å². The Morgan fingerprint density at radius 2 is 1.70 bits per heavy atom. The fraction of sp³-hybridized carbons (Fsp3) is 0.667. The van der Waals surface area contributed by atoms with Crippen LogP contribution in [0.15, 0.2) is 24.3 Å². The van der Waals surface area contributed by atoms with E-state index in [1.54, 1.807) is 4.90 Å². The van der Waals surface area contributed by atoms with Gasteiger partial charge in [-0.25, -0.2) is 4.79 Å². The number of carbonyl (C=O) groups is 1. The van der Waals surface area contributed by atoms with Crippen LogP contribution < -0.4 is 5.46 Å². The summed E-state index contributed by atoms with van der Waals surface area (Å²) in [5, 5.41) is 9.45. The van der Waals surface area contributed by atoms with Crippen LogP contribution in [0.3, 0.4) is 0 Å². The van der Waals surface area contributed by atoms with E-state index in [-0.39, 0.29) is 24.4 Å². The normalized spacial score (nSPS) is 27.2. The third-order valence-corrected chi connectivity index (χ3v) is 6.59. The lowest BCUT2D eigenvalue weighted by atomic mass is 9.76. The number of likely N-dealkylation sites (tertiary alicyclic amines) is 1. The smallest absolute Gasteiger partial charge is 0.465 e. The van der Waals surface area contributed by atoms with Gasteiger partial charge in [0.15, 0.2) is 0 Å². The molecule has 0 spiro atoms. The summed E-state index contributed by atoms with van der Waals surface area (Å²) < 4.78 is 12.3. The van der Waals surface area contributed by atoms with Gasteiger partial charge in [-0.1, -0.05) is 38.1 Å². The molecule has 3 rings (SSSR count). The van der Waals surface area contributed by atoms with Crippen LogP contribution in [0.25, 0.3) is 0 Å². The summed E-state index contributed by atoms with van der Waals surface area (Å²) >= 11 is 0. The van der Waals surface area contributed by atoms with Crippen LogP contribution in [0.5, 0.6) is 0 Å². The number of piperidine rings is 1. The molecule has 2 aliphatic heterocycles. The van der Waals surface area contributed by atoms with E-state index >= 15 is 0 Å². The zero-order valence-corrected chi connectivity index (χ0v) is 17.4. The number of hydrogen-bond donors (Lipinski definition) is 1. The molecule has 0 aromatic heterocycles. The third kappa shape index (κ3) is 3.88. The lowest BCUT2D eigenvalue weighted by Gasteiger charge is -2.40. The molecule has 0 radical (unpaired) electrons. The van der Waals surface area contributed by atoms with Crippen LogP contribution in [0.1, 0.15) is 65.9 Å². The summed E-state index contributed by atoms with van der Waals surface area (Å²) in [6.45, 7) is 13.0. The maximum Gasteiger partial charge on any atom is 0.494 e. The molecular formula is C21H32BNO4. The summed E-state index contributed by atoms with van der Waals surface area (Å²) in [5.74, 6) is 0.702. The topological polar surface area (TPSA) is 59.0 Å². The SMILES string of the molecule is CC(C)C1CC(c2ccc(B3OC(C)(C)C(C)(C)O3)cc2)CCN1C(=O)O. The van der Waals surface area contributed by atoms with E-state index in [4.69, 9.17) is 9.31 Å². The van der Waals surface area contributed by atoms with Gasteiger partial charge in [-0.05, 0) is 63.4 Å². The molecule has 27 heavy (non-hydrogen) atoms. The predicted molar refractivity (Wildman–Crippen MR) is 107 cm³/mol. The maximum atomic E-state index is 11.5. The van der Waals surface area contributed by atoms with Gasteiger partial charge in [-0.15, -0.1) is 0 Å². The molecule has 2 fully saturated rings. The predicted octanol–water partition coefficient (Wildman–Crippen LogP) is 3.87. The fourth-order valence-corrected chi connectivity index (χ4v) is 4.07. The second-order valence-corrected chi connectivity index (χ2v) is 9.26. The zero-order chi connectivity index (χ0) is 20.0. The van der Waals surface area contributed by atoms with Gasteiger partial charge in [0.1, 0.15) is 0 Å². The van der Waals surface area contributed by atoms with E-state index in [2.05, 4.69) is 65.8 Å². The van der Waals surface area contributed by atoms with Gasteiger partial charge in [-0.2, -0.15) is 0 Å². The minimum Gasteiger partial charge on any atom is -0.465 e. The van der Waals surface area contributed by atoms with Gasteiger partial charge in [0, 0.05) is 12.6 Å². The van der Waals surface area contributed by atoms with E-state index in [0.29, 0.717) is 18.4 Å². The first-order valence-corrected chi connectivity index (χ1v) is 9.97. The number of carboxylic acid groups (broad SMARTS) is 1. The van der Waals surface area contributed by atoms with Crippen molar-refractivity contribution in [1.29, 1.82) is 0 Å². The van der Waals surface area contributed by atoms with E-state index in [0.717, 1.165) is 18.3 Å². The minimum atomic E-state index is -0.803. The number of rotatable bonds is 3. The van der Waals surface area contributed by atoms with Gasteiger partial charge in [0.05, 0.1) is 11.2 Å². The Labute approximate surface area is 163 Å². The van der Waals surface area contributed by atoms with Crippen LogP contribution in [0, 0.1) is 5.92 Å². The van der Waals surface area contributed by atoms with Crippen molar-refractivity contribution in [2.24, 2.45) is 5.92 Å². The van der Waals surface area contributed by atoms with Gasteiger partial charge in [0.25, 0.3) is 0 Å². The Balaban J connectivity index is 1.72. The van der Waals surface area contributed by atoms with Crippen LogP contribution in [0.4, 0.5) is 4.79 Å². The zero-order valence-electron chi connectivity index (χ0n) is 17.4. The molecule has 2 heterocycles. The first-order chi connectivity index (χ1) is 12.5. The van der Waals surface area contributed by atoms with Gasteiger partial charge in [0.2, 0.25) is 0 Å². The molecule has 6 heteroatoms. The van der Waals surface area contributed by atoms with Crippen LogP contribution >= 0.6 is 0 Å². The summed E-state index contributed by atoms with van der Waals surface area (Å²) in [5.41, 5.74) is 1.61. The summed E-state index contributed by atoms with van der Waals surface area (Å²) in [7, 11) is -0.346. The second-order valence-electron chi connectivity index (χ2n) is 9.26. The van der Waals surface area contributed by atoms with Gasteiger partial charge >= 0.3 is 13.2 Å². The minimum absolute atomic E-state index is 0.0732. The second kappa shape index (κ2) is 7.14. The van der Waals surface area contributed by atoms with Crippen LogP contribution in [-0.2, 0) is 9.31 Å². The lowest BCUT2D eigenvalue weighted by Crippen LogP contribution is -2.47. The van der Waals surface area contributed by atoms with Gasteiger partial charge < -0.3 is 19.3 Å². The number of amides is 1. The molecule has 148 valence electrons. The van der Waals surface area contributed by atoms with Crippen molar-refractivity contribution in [1.82, 2.24) is 4.90 Å². The van der Waals surface area contributed by atoms with Crippen molar-refractivity contribution >= 4 is 18.7 Å². The Morgan fingerprint density at radius 1 is 1.15 bits per heavy atom. The van der Waals surface area contributed by atoms with Crippen molar-refractivity contribution in [2.45, 2.75) is 77.5 Å². The van der Waals surface area contributed by atoms with E-state index in [1.165, 1.54) is 5.56 Å². The molecule has 0 saturated carbocycles.